The lowest BCUT2D eigenvalue weighted by atomic mass is 9.73. The minimum atomic E-state index is -0.566. The van der Waals surface area contributed by atoms with Crippen LogP contribution >= 0.6 is 0 Å². The first-order chi connectivity index (χ1) is 14.4. The molecule has 0 spiro atoms. The number of carbonyl (C=O) groups is 2. The molecule has 1 aliphatic heterocycles. The molecule has 1 aliphatic carbocycles. The lowest BCUT2D eigenvalue weighted by Gasteiger charge is -2.43. The molecule has 3 atom stereocenters. The topological polar surface area (TPSA) is 53.5 Å². The van der Waals surface area contributed by atoms with E-state index in [1.807, 2.05) is 43.4 Å². The van der Waals surface area contributed by atoms with Gasteiger partial charge in [0.15, 0.2) is 0 Å². The van der Waals surface area contributed by atoms with E-state index in [9.17, 15) is 9.59 Å². The third-order valence-electron chi connectivity index (χ3n) is 6.64. The average molecular weight is 406 g/mol. The van der Waals surface area contributed by atoms with Crippen LogP contribution in [0.15, 0.2) is 48.8 Å². The molecule has 0 N–H and O–H groups in total. The summed E-state index contributed by atoms with van der Waals surface area (Å²) in [5.74, 6) is 0.997. The van der Waals surface area contributed by atoms with Crippen LogP contribution in [0, 0.1) is 17.3 Å². The van der Waals surface area contributed by atoms with Crippen LogP contribution in [-0.4, -0.2) is 53.8 Å². The summed E-state index contributed by atoms with van der Waals surface area (Å²) >= 11 is 0. The lowest BCUT2D eigenvalue weighted by molar-refractivity contribution is -0.147. The molecule has 5 heteroatoms. The maximum atomic E-state index is 13.4. The highest BCUT2D eigenvalue weighted by atomic mass is 16.2. The standard InChI is InChI=1S/C25H31N3O2/c1-18-13-22(18)23(29)28-12-6-10-25(17-28,24(30)27(2)3)15-19-7-4-8-20(14-19)21-9-5-11-26-16-21/h4-5,7-9,11,14,16,18,22H,6,10,12-13,15,17H2,1-3H3/t18-,22-,25+/m1/s1. The number of likely N-dealkylation sites (tertiary alicyclic amines) is 1. The fourth-order valence-corrected chi connectivity index (χ4v) is 4.87. The Balaban J connectivity index is 1.62. The SMILES string of the molecule is C[C@@H]1C[C@H]1C(=O)N1CCC[C@@](Cc2cccc(-c3cccnc3)c2)(C(=O)N(C)C)C1. The van der Waals surface area contributed by atoms with E-state index < -0.39 is 5.41 Å². The molecule has 5 nitrogen and oxygen atoms in total. The molecule has 2 heterocycles. The van der Waals surface area contributed by atoms with Crippen LogP contribution in [0.25, 0.3) is 11.1 Å². The van der Waals surface area contributed by atoms with Crippen molar-refractivity contribution < 1.29 is 9.59 Å². The smallest absolute Gasteiger partial charge is 0.230 e. The van der Waals surface area contributed by atoms with Crippen molar-refractivity contribution in [1.29, 1.82) is 0 Å². The monoisotopic (exact) mass is 405 g/mol. The van der Waals surface area contributed by atoms with Crippen LogP contribution in [-0.2, 0) is 16.0 Å². The second-order valence-corrected chi connectivity index (χ2v) is 9.28. The second-order valence-electron chi connectivity index (χ2n) is 9.28. The van der Waals surface area contributed by atoms with Crippen LogP contribution in [0.3, 0.4) is 0 Å². The maximum absolute atomic E-state index is 13.4. The van der Waals surface area contributed by atoms with Gasteiger partial charge < -0.3 is 9.80 Å². The molecular weight excluding hydrogens is 374 g/mol. The van der Waals surface area contributed by atoms with Crippen molar-refractivity contribution in [2.24, 2.45) is 17.3 Å². The number of piperidine rings is 1. The highest BCUT2D eigenvalue weighted by molar-refractivity contribution is 5.86. The Morgan fingerprint density at radius 3 is 2.63 bits per heavy atom. The number of hydrogen-bond acceptors (Lipinski definition) is 3. The van der Waals surface area contributed by atoms with Gasteiger partial charge in [0.25, 0.3) is 0 Å². The largest absolute Gasteiger partial charge is 0.348 e. The first kappa shape index (κ1) is 20.6. The first-order valence-electron chi connectivity index (χ1n) is 10.9. The van der Waals surface area contributed by atoms with Crippen molar-refractivity contribution in [3.05, 3.63) is 54.4 Å². The van der Waals surface area contributed by atoms with Crippen molar-refractivity contribution in [3.8, 4) is 11.1 Å². The summed E-state index contributed by atoms with van der Waals surface area (Å²) in [5.41, 5.74) is 2.73. The number of aromatic nitrogens is 1. The zero-order valence-electron chi connectivity index (χ0n) is 18.2. The van der Waals surface area contributed by atoms with Gasteiger partial charge in [0, 0.05) is 45.5 Å². The molecule has 1 saturated carbocycles. The maximum Gasteiger partial charge on any atom is 0.230 e. The Morgan fingerprint density at radius 2 is 1.97 bits per heavy atom. The second kappa shape index (κ2) is 8.21. The molecule has 158 valence electrons. The van der Waals surface area contributed by atoms with E-state index in [2.05, 4.69) is 30.1 Å². The summed E-state index contributed by atoms with van der Waals surface area (Å²) < 4.78 is 0. The summed E-state index contributed by atoms with van der Waals surface area (Å²) in [6.07, 6.45) is 6.93. The van der Waals surface area contributed by atoms with E-state index in [0.29, 0.717) is 18.9 Å². The van der Waals surface area contributed by atoms with E-state index in [0.717, 1.165) is 42.5 Å². The summed E-state index contributed by atoms with van der Waals surface area (Å²) in [6, 6.07) is 12.3. The number of rotatable bonds is 5. The fraction of sp³-hybridized carbons (Fsp3) is 0.480. The molecule has 30 heavy (non-hydrogen) atoms. The molecule has 4 rings (SSSR count). The molecular formula is C25H31N3O2. The van der Waals surface area contributed by atoms with Crippen molar-refractivity contribution in [3.63, 3.8) is 0 Å². The van der Waals surface area contributed by atoms with Crippen LogP contribution in [0.5, 0.6) is 0 Å². The summed E-state index contributed by atoms with van der Waals surface area (Å²) in [4.78, 5) is 34.2. The third kappa shape index (κ3) is 4.11. The number of hydrogen-bond donors (Lipinski definition) is 0. The summed E-state index contributed by atoms with van der Waals surface area (Å²) in [5, 5.41) is 0. The van der Waals surface area contributed by atoms with Gasteiger partial charge in [0.05, 0.1) is 5.41 Å². The van der Waals surface area contributed by atoms with E-state index in [1.165, 1.54) is 0 Å². The Morgan fingerprint density at radius 1 is 1.20 bits per heavy atom. The zero-order chi connectivity index (χ0) is 21.3. The molecule has 0 unspecified atom stereocenters. The first-order valence-corrected chi connectivity index (χ1v) is 10.9. The molecule has 1 saturated heterocycles. The van der Waals surface area contributed by atoms with Gasteiger partial charge >= 0.3 is 0 Å². The van der Waals surface area contributed by atoms with E-state index >= 15 is 0 Å². The molecule has 2 aliphatic rings. The quantitative estimate of drug-likeness (QED) is 0.763. The average Bonchev–Trinajstić information content (AvgIpc) is 3.50. The Hall–Kier alpha value is -2.69. The predicted molar refractivity (Wildman–Crippen MR) is 118 cm³/mol. The van der Waals surface area contributed by atoms with Crippen molar-refractivity contribution >= 4 is 11.8 Å². The lowest BCUT2D eigenvalue weighted by Crippen LogP contribution is -2.54. The molecule has 2 aromatic rings. The molecule has 2 amide bonds. The normalized spacial score (nSPS) is 25.6. The minimum absolute atomic E-state index is 0.121. The minimum Gasteiger partial charge on any atom is -0.348 e. The van der Waals surface area contributed by atoms with E-state index in [4.69, 9.17) is 0 Å². The number of carbonyl (C=O) groups excluding carboxylic acids is 2. The molecule has 1 aromatic heterocycles. The third-order valence-corrected chi connectivity index (χ3v) is 6.64. The van der Waals surface area contributed by atoms with Crippen molar-refractivity contribution in [2.75, 3.05) is 27.2 Å². The van der Waals surface area contributed by atoms with Gasteiger partial charge in [-0.3, -0.25) is 14.6 Å². The van der Waals surface area contributed by atoms with Gasteiger partial charge in [-0.15, -0.1) is 0 Å². The number of benzene rings is 1. The highest BCUT2D eigenvalue weighted by Gasteiger charge is 2.48. The Labute approximate surface area is 179 Å². The molecule has 0 bridgehead atoms. The van der Waals surface area contributed by atoms with Gasteiger partial charge in [0.2, 0.25) is 11.8 Å². The highest BCUT2D eigenvalue weighted by Crippen LogP contribution is 2.42. The Bertz CT molecular complexity index is 927. The van der Waals surface area contributed by atoms with Crippen molar-refractivity contribution in [1.82, 2.24) is 14.8 Å². The predicted octanol–water partition coefficient (Wildman–Crippen LogP) is 3.64. The summed E-state index contributed by atoms with van der Waals surface area (Å²) in [6.45, 7) is 3.41. The van der Waals surface area contributed by atoms with E-state index in [-0.39, 0.29) is 17.7 Å². The summed E-state index contributed by atoms with van der Waals surface area (Å²) in [7, 11) is 3.64. The number of pyridine rings is 1. The van der Waals surface area contributed by atoms with Gasteiger partial charge in [-0.2, -0.15) is 0 Å². The van der Waals surface area contributed by atoms with Gasteiger partial charge in [-0.05, 0) is 54.4 Å². The van der Waals surface area contributed by atoms with Crippen LogP contribution in [0.4, 0.5) is 0 Å². The van der Waals surface area contributed by atoms with Crippen LogP contribution < -0.4 is 0 Å². The number of nitrogens with zero attached hydrogens (tertiary/aromatic N) is 3. The van der Waals surface area contributed by atoms with Crippen molar-refractivity contribution in [2.45, 2.75) is 32.6 Å². The molecule has 0 radical (unpaired) electrons. The van der Waals surface area contributed by atoms with Crippen LogP contribution in [0.1, 0.15) is 31.7 Å². The van der Waals surface area contributed by atoms with Crippen LogP contribution in [0.2, 0.25) is 0 Å². The zero-order valence-corrected chi connectivity index (χ0v) is 18.2. The molecule has 2 fully saturated rings. The van der Waals surface area contributed by atoms with E-state index in [1.54, 1.807) is 11.1 Å². The fourth-order valence-electron chi connectivity index (χ4n) is 4.87. The number of amides is 2. The van der Waals surface area contributed by atoms with Gasteiger partial charge in [0.1, 0.15) is 0 Å². The Kier molecular flexibility index (Phi) is 5.63. The van der Waals surface area contributed by atoms with Gasteiger partial charge in [-0.25, -0.2) is 0 Å². The molecule has 1 aromatic carbocycles. The van der Waals surface area contributed by atoms with Gasteiger partial charge in [-0.1, -0.05) is 37.3 Å².